The number of amides is 1. The fraction of sp³-hybridized carbons (Fsp3) is 0.286. The molecule has 1 aromatic heterocycles. The molecule has 0 saturated heterocycles. The number of thiazole rings is 1. The number of hydrogen-bond donors (Lipinski definition) is 2. The van der Waals surface area contributed by atoms with Crippen LogP contribution in [-0.4, -0.2) is 10.9 Å². The fourth-order valence-corrected chi connectivity index (χ4v) is 3.25. The van der Waals surface area contributed by atoms with E-state index in [1.165, 1.54) is 11.3 Å². The minimum atomic E-state index is -0.115. The van der Waals surface area contributed by atoms with Crippen LogP contribution in [0.2, 0.25) is 0 Å². The number of aromatic nitrogens is 1. The molecule has 0 atom stereocenters. The van der Waals surface area contributed by atoms with Crippen LogP contribution in [0.1, 0.15) is 32.9 Å². The minimum Gasteiger partial charge on any atom is -0.326 e. The molecule has 1 aliphatic carbocycles. The van der Waals surface area contributed by atoms with Crippen molar-refractivity contribution in [2.45, 2.75) is 25.8 Å². The summed E-state index contributed by atoms with van der Waals surface area (Å²) < 4.78 is 0. The summed E-state index contributed by atoms with van der Waals surface area (Å²) in [4.78, 5) is 17.8. The van der Waals surface area contributed by atoms with E-state index in [9.17, 15) is 4.79 Å². The molecule has 0 aliphatic heterocycles. The maximum atomic E-state index is 12.1. The Morgan fingerprint density at radius 2 is 2.11 bits per heavy atom. The Balaban J connectivity index is 1.72. The number of carbonyl (C=O) groups excluding carboxylic acids is 1. The van der Waals surface area contributed by atoms with Gasteiger partial charge in [-0.1, -0.05) is 12.1 Å². The fourth-order valence-electron chi connectivity index (χ4n) is 2.21. The van der Waals surface area contributed by atoms with Crippen LogP contribution in [0, 0.1) is 0 Å². The van der Waals surface area contributed by atoms with Crippen molar-refractivity contribution in [3.8, 4) is 0 Å². The predicted octanol–water partition coefficient (Wildman–Crippen LogP) is 2.34. The van der Waals surface area contributed by atoms with Crippen LogP contribution in [0.3, 0.4) is 0 Å². The molecule has 3 rings (SSSR count). The molecule has 19 heavy (non-hydrogen) atoms. The average Bonchev–Trinajstić information content (AvgIpc) is 2.99. The monoisotopic (exact) mass is 273 g/mol. The van der Waals surface area contributed by atoms with Gasteiger partial charge in [0.1, 0.15) is 0 Å². The third kappa shape index (κ3) is 2.52. The lowest BCUT2D eigenvalue weighted by molar-refractivity contribution is 0.102. The van der Waals surface area contributed by atoms with Gasteiger partial charge in [0.05, 0.1) is 5.69 Å². The summed E-state index contributed by atoms with van der Waals surface area (Å²) in [6, 6.07) is 7.32. The van der Waals surface area contributed by atoms with Gasteiger partial charge in [0.25, 0.3) is 5.91 Å². The molecule has 1 aromatic carbocycles. The van der Waals surface area contributed by atoms with E-state index in [4.69, 9.17) is 5.73 Å². The van der Waals surface area contributed by atoms with Crippen molar-refractivity contribution >= 4 is 22.4 Å². The number of rotatable bonds is 3. The van der Waals surface area contributed by atoms with E-state index in [1.807, 2.05) is 12.1 Å². The van der Waals surface area contributed by atoms with E-state index in [0.717, 1.165) is 24.1 Å². The van der Waals surface area contributed by atoms with Crippen LogP contribution in [0.15, 0.2) is 24.3 Å². The van der Waals surface area contributed by atoms with Crippen molar-refractivity contribution in [1.29, 1.82) is 0 Å². The molecule has 0 unspecified atom stereocenters. The van der Waals surface area contributed by atoms with Crippen molar-refractivity contribution in [2.24, 2.45) is 5.73 Å². The molecule has 0 spiro atoms. The summed E-state index contributed by atoms with van der Waals surface area (Å²) in [5, 5.41) is 3.57. The van der Waals surface area contributed by atoms with Gasteiger partial charge in [0.2, 0.25) is 0 Å². The molecule has 2 aromatic rings. The van der Waals surface area contributed by atoms with E-state index in [-0.39, 0.29) is 5.91 Å². The summed E-state index contributed by atoms with van der Waals surface area (Å²) in [5.41, 5.74) is 8.33. The van der Waals surface area contributed by atoms with Crippen LogP contribution < -0.4 is 11.1 Å². The molecule has 0 saturated carbocycles. The van der Waals surface area contributed by atoms with Gasteiger partial charge in [-0.25, -0.2) is 4.98 Å². The number of anilines is 1. The molecule has 1 amide bonds. The van der Waals surface area contributed by atoms with Crippen molar-refractivity contribution in [3.05, 3.63) is 46.0 Å². The number of benzene rings is 1. The second-order valence-electron chi connectivity index (χ2n) is 4.60. The lowest BCUT2D eigenvalue weighted by Crippen LogP contribution is -2.12. The molecule has 0 bridgehead atoms. The van der Waals surface area contributed by atoms with E-state index in [1.54, 1.807) is 23.5 Å². The van der Waals surface area contributed by atoms with Crippen molar-refractivity contribution in [3.63, 3.8) is 0 Å². The maximum Gasteiger partial charge on any atom is 0.257 e. The van der Waals surface area contributed by atoms with Crippen molar-refractivity contribution in [1.82, 2.24) is 4.98 Å². The first-order chi connectivity index (χ1) is 9.26. The molecule has 3 N–H and O–H groups in total. The van der Waals surface area contributed by atoms with Crippen LogP contribution in [0.25, 0.3) is 0 Å². The summed E-state index contributed by atoms with van der Waals surface area (Å²) in [6.45, 7) is 0.487. The smallest absolute Gasteiger partial charge is 0.257 e. The Labute approximate surface area is 115 Å². The first-order valence-electron chi connectivity index (χ1n) is 6.35. The van der Waals surface area contributed by atoms with Crippen LogP contribution >= 0.6 is 11.3 Å². The molecular formula is C14H15N3OS. The topological polar surface area (TPSA) is 68.0 Å². The van der Waals surface area contributed by atoms with Gasteiger partial charge in [0.15, 0.2) is 5.13 Å². The Kier molecular flexibility index (Phi) is 3.31. The highest BCUT2D eigenvalue weighted by Gasteiger charge is 2.18. The first kappa shape index (κ1) is 12.3. The van der Waals surface area contributed by atoms with Crippen molar-refractivity contribution in [2.75, 3.05) is 5.32 Å². The molecule has 4 nitrogen and oxygen atoms in total. The van der Waals surface area contributed by atoms with Gasteiger partial charge in [-0.2, -0.15) is 0 Å². The van der Waals surface area contributed by atoms with Gasteiger partial charge in [0, 0.05) is 17.0 Å². The molecule has 1 heterocycles. The zero-order chi connectivity index (χ0) is 13.2. The van der Waals surface area contributed by atoms with Gasteiger partial charge in [-0.3, -0.25) is 10.1 Å². The van der Waals surface area contributed by atoms with Crippen molar-refractivity contribution < 1.29 is 4.79 Å². The normalized spacial score (nSPS) is 13.3. The summed E-state index contributed by atoms with van der Waals surface area (Å²) >= 11 is 1.59. The SMILES string of the molecule is NCc1ccc(C(=O)Nc2nc3c(s2)CCC3)cc1. The van der Waals surface area contributed by atoms with Gasteiger partial charge >= 0.3 is 0 Å². The van der Waals surface area contributed by atoms with Gasteiger partial charge in [-0.05, 0) is 37.0 Å². The standard InChI is InChI=1S/C14H15N3OS/c15-8-9-4-6-10(7-5-9)13(18)17-14-16-11-2-1-3-12(11)19-14/h4-7H,1-3,8,15H2,(H,16,17,18). The quantitative estimate of drug-likeness (QED) is 0.902. The second kappa shape index (κ2) is 5.11. The molecule has 98 valence electrons. The lowest BCUT2D eigenvalue weighted by atomic mass is 10.1. The second-order valence-corrected chi connectivity index (χ2v) is 5.68. The third-order valence-corrected chi connectivity index (χ3v) is 4.34. The number of nitrogens with one attached hydrogen (secondary N) is 1. The van der Waals surface area contributed by atoms with Gasteiger partial charge < -0.3 is 5.73 Å². The molecule has 0 radical (unpaired) electrons. The summed E-state index contributed by atoms with van der Waals surface area (Å²) in [6.07, 6.45) is 3.31. The van der Waals surface area contributed by atoms with Crippen LogP contribution in [0.4, 0.5) is 5.13 Å². The predicted molar refractivity (Wildman–Crippen MR) is 76.4 cm³/mol. The third-order valence-electron chi connectivity index (χ3n) is 3.27. The Hall–Kier alpha value is -1.72. The van der Waals surface area contributed by atoms with E-state index < -0.39 is 0 Å². The highest BCUT2D eigenvalue weighted by molar-refractivity contribution is 7.15. The zero-order valence-corrected chi connectivity index (χ0v) is 11.3. The number of nitrogens with zero attached hydrogens (tertiary/aromatic N) is 1. The van der Waals surface area contributed by atoms with E-state index in [2.05, 4.69) is 10.3 Å². The number of nitrogens with two attached hydrogens (primary N) is 1. The molecular weight excluding hydrogens is 258 g/mol. The Morgan fingerprint density at radius 1 is 1.32 bits per heavy atom. The minimum absolute atomic E-state index is 0.115. The van der Waals surface area contributed by atoms with E-state index in [0.29, 0.717) is 17.2 Å². The van der Waals surface area contributed by atoms with Crippen LogP contribution in [0.5, 0.6) is 0 Å². The zero-order valence-electron chi connectivity index (χ0n) is 10.5. The number of hydrogen-bond acceptors (Lipinski definition) is 4. The highest BCUT2D eigenvalue weighted by atomic mass is 32.1. The Bertz CT molecular complexity index is 582. The number of carbonyl (C=O) groups is 1. The summed E-state index contributed by atoms with van der Waals surface area (Å²) in [7, 11) is 0. The first-order valence-corrected chi connectivity index (χ1v) is 7.17. The van der Waals surface area contributed by atoms with Crippen LogP contribution in [-0.2, 0) is 19.4 Å². The maximum absolute atomic E-state index is 12.1. The van der Waals surface area contributed by atoms with E-state index >= 15 is 0 Å². The largest absolute Gasteiger partial charge is 0.326 e. The number of aryl methyl sites for hydroxylation is 2. The van der Waals surface area contributed by atoms with Gasteiger partial charge in [-0.15, -0.1) is 11.3 Å². The lowest BCUT2D eigenvalue weighted by Gasteiger charge is -2.03. The molecule has 0 fully saturated rings. The number of fused-ring (bicyclic) bond motifs is 1. The summed E-state index contributed by atoms with van der Waals surface area (Å²) in [5.74, 6) is -0.115. The molecule has 5 heteroatoms. The average molecular weight is 273 g/mol. The highest BCUT2D eigenvalue weighted by Crippen LogP contribution is 2.30. The Morgan fingerprint density at radius 3 is 2.79 bits per heavy atom. The molecule has 1 aliphatic rings.